The number of anilines is 2. The van der Waals surface area contributed by atoms with Crippen LogP contribution >= 0.6 is 15.9 Å². The average molecular weight is 630 g/mol. The van der Waals surface area contributed by atoms with Gasteiger partial charge in [-0.15, -0.1) is 9.36 Å². The third-order valence-electron chi connectivity index (χ3n) is 5.53. The SMILES string of the molecule is CN(C)c1ccc(N=Nc2ccc(S(=O)(=O)[O-])cc2)cc1.Cc1nn(CC(=O)Nc2ccc(Br)cc2)c(C)[n+]1N. The second-order valence-electron chi connectivity index (χ2n) is 8.74. The molecule has 0 aliphatic heterocycles. The van der Waals surface area contributed by atoms with Crippen molar-refractivity contribution in [2.45, 2.75) is 25.3 Å². The third kappa shape index (κ3) is 8.69. The summed E-state index contributed by atoms with van der Waals surface area (Å²) in [4.78, 5) is 13.6. The van der Waals surface area contributed by atoms with Crippen LogP contribution < -0.4 is 20.7 Å². The molecule has 0 bridgehead atoms. The van der Waals surface area contributed by atoms with E-state index in [9.17, 15) is 17.8 Å². The van der Waals surface area contributed by atoms with Crippen LogP contribution in [-0.4, -0.2) is 42.8 Å². The van der Waals surface area contributed by atoms with Crippen molar-refractivity contribution in [2.24, 2.45) is 10.2 Å². The number of rotatable bonds is 7. The first-order valence-electron chi connectivity index (χ1n) is 11.8. The smallest absolute Gasteiger partial charge is 0.295 e. The van der Waals surface area contributed by atoms with Crippen LogP contribution in [0.4, 0.5) is 22.7 Å². The number of nitrogens with two attached hydrogens (primary N) is 1. The topological polar surface area (TPSA) is 162 Å². The zero-order chi connectivity index (χ0) is 29.4. The largest absolute Gasteiger partial charge is 0.744 e. The summed E-state index contributed by atoms with van der Waals surface area (Å²) in [6.45, 7) is 3.73. The molecule has 0 aliphatic carbocycles. The van der Waals surface area contributed by atoms with E-state index in [1.165, 1.54) is 28.9 Å². The first kappa shape index (κ1) is 30.4. The number of nitrogen functional groups attached to an aromatic ring is 1. The minimum absolute atomic E-state index is 0.132. The highest BCUT2D eigenvalue weighted by molar-refractivity contribution is 9.10. The molecule has 1 aromatic heterocycles. The maximum absolute atomic E-state index is 11.9. The van der Waals surface area contributed by atoms with Gasteiger partial charge in [0, 0.05) is 48.9 Å². The van der Waals surface area contributed by atoms with Gasteiger partial charge in [0.05, 0.1) is 16.3 Å². The predicted octanol–water partition coefficient (Wildman–Crippen LogP) is 3.97. The normalized spacial score (nSPS) is 11.2. The number of aromatic nitrogens is 3. The number of nitrogens with zero attached hydrogens (tertiary/aromatic N) is 6. The molecule has 12 nitrogen and oxygen atoms in total. The maximum atomic E-state index is 11.9. The molecular formula is C26H29BrN8O4S. The molecule has 210 valence electrons. The molecule has 0 saturated carbocycles. The Bertz CT molecular complexity index is 1590. The van der Waals surface area contributed by atoms with Gasteiger partial charge in [-0.3, -0.25) is 10.6 Å². The molecule has 0 spiro atoms. The van der Waals surface area contributed by atoms with Crippen molar-refractivity contribution in [3.63, 3.8) is 0 Å². The summed E-state index contributed by atoms with van der Waals surface area (Å²) in [5.41, 5.74) is 2.95. The van der Waals surface area contributed by atoms with Crippen molar-refractivity contribution in [2.75, 3.05) is 30.2 Å². The number of aryl methyl sites for hydroxylation is 1. The molecule has 0 unspecified atom stereocenters. The van der Waals surface area contributed by atoms with Crippen LogP contribution in [0.3, 0.4) is 0 Å². The minimum Gasteiger partial charge on any atom is -0.744 e. The van der Waals surface area contributed by atoms with Gasteiger partial charge in [0.15, 0.2) is 6.54 Å². The van der Waals surface area contributed by atoms with Gasteiger partial charge in [-0.2, -0.15) is 10.2 Å². The highest BCUT2D eigenvalue weighted by Gasteiger charge is 2.19. The van der Waals surface area contributed by atoms with Crippen molar-refractivity contribution in [1.29, 1.82) is 0 Å². The standard InChI is InChI=1S/C14H15N3O3S.C12H14BrN5O/c1-17(2)13-7-3-11(4-8-13)15-16-12-5-9-14(10-6-12)21(18,19)20;1-8-16-17(9(2)18(8)14)7-12(19)15-11-5-3-10(13)4-6-11/h3-10H,1-2H3,(H,18,19,20);3-6H,7,14H2,1-2H3. The van der Waals surface area contributed by atoms with Crippen molar-refractivity contribution in [3.8, 4) is 0 Å². The third-order valence-corrected chi connectivity index (χ3v) is 6.91. The molecule has 1 amide bonds. The van der Waals surface area contributed by atoms with Gasteiger partial charge in [0.2, 0.25) is 0 Å². The van der Waals surface area contributed by atoms with Gasteiger partial charge in [-0.05, 0) is 72.8 Å². The first-order valence-corrected chi connectivity index (χ1v) is 14.1. The second-order valence-corrected chi connectivity index (χ2v) is 11.0. The van der Waals surface area contributed by atoms with Crippen LogP contribution in [0.2, 0.25) is 0 Å². The molecule has 1 heterocycles. The molecule has 3 aromatic carbocycles. The summed E-state index contributed by atoms with van der Waals surface area (Å²) in [6, 6.07) is 20.2. The monoisotopic (exact) mass is 628 g/mol. The van der Waals surface area contributed by atoms with Gasteiger partial charge in [0.25, 0.3) is 17.6 Å². The van der Waals surface area contributed by atoms with Crippen molar-refractivity contribution >= 4 is 54.7 Å². The second kappa shape index (κ2) is 13.3. The van der Waals surface area contributed by atoms with Gasteiger partial charge in [0.1, 0.15) is 10.1 Å². The van der Waals surface area contributed by atoms with Crippen molar-refractivity contribution < 1.29 is 22.4 Å². The van der Waals surface area contributed by atoms with Crippen molar-refractivity contribution in [3.05, 3.63) is 88.9 Å². The van der Waals surface area contributed by atoms with Gasteiger partial charge >= 0.3 is 0 Å². The number of amides is 1. The Labute approximate surface area is 241 Å². The van der Waals surface area contributed by atoms with Crippen LogP contribution in [0, 0.1) is 13.8 Å². The number of halogens is 1. The molecule has 4 rings (SSSR count). The van der Waals surface area contributed by atoms with Gasteiger partial charge in [-0.1, -0.05) is 15.9 Å². The fourth-order valence-corrected chi connectivity index (χ4v) is 4.02. The lowest BCUT2D eigenvalue weighted by atomic mass is 10.3. The number of carbonyl (C=O) groups excluding carboxylic acids is 1. The lowest BCUT2D eigenvalue weighted by molar-refractivity contribution is -0.652. The summed E-state index contributed by atoms with van der Waals surface area (Å²) >= 11 is 3.34. The van der Waals surface area contributed by atoms with Crippen LogP contribution in [-0.2, 0) is 21.5 Å². The molecule has 4 aromatic rings. The first-order chi connectivity index (χ1) is 18.8. The van der Waals surface area contributed by atoms with Crippen LogP contribution in [0.15, 0.2) is 92.4 Å². The lowest BCUT2D eigenvalue weighted by Gasteiger charge is -2.11. The quantitative estimate of drug-likeness (QED) is 0.135. The van der Waals surface area contributed by atoms with E-state index >= 15 is 0 Å². The van der Waals surface area contributed by atoms with E-state index in [1.54, 1.807) is 11.6 Å². The van der Waals surface area contributed by atoms with E-state index in [0.29, 0.717) is 17.2 Å². The number of azo groups is 1. The van der Waals surface area contributed by atoms with E-state index in [1.807, 2.05) is 74.4 Å². The Morgan fingerprint density at radius 2 is 1.52 bits per heavy atom. The lowest BCUT2D eigenvalue weighted by Crippen LogP contribution is -2.48. The van der Waals surface area contributed by atoms with Gasteiger partial charge in [-0.25, -0.2) is 8.42 Å². The summed E-state index contributed by atoms with van der Waals surface area (Å²) in [5.74, 6) is 6.99. The highest BCUT2D eigenvalue weighted by atomic mass is 79.9. The Balaban J connectivity index is 0.000000222. The number of hydrogen-bond acceptors (Lipinski definition) is 9. The number of benzene rings is 3. The molecule has 0 radical (unpaired) electrons. The summed E-state index contributed by atoms with van der Waals surface area (Å²) in [6.07, 6.45) is 0. The van der Waals surface area contributed by atoms with Crippen LogP contribution in [0.1, 0.15) is 11.6 Å². The van der Waals surface area contributed by atoms with E-state index in [4.69, 9.17) is 5.84 Å². The summed E-state index contributed by atoms with van der Waals surface area (Å²) in [5, 5.41) is 15.0. The highest BCUT2D eigenvalue weighted by Crippen LogP contribution is 2.22. The molecule has 3 N–H and O–H groups in total. The Kier molecular flexibility index (Phi) is 10.1. The molecule has 0 saturated heterocycles. The van der Waals surface area contributed by atoms with E-state index in [2.05, 4.69) is 36.6 Å². The Morgan fingerprint density at radius 1 is 1.00 bits per heavy atom. The van der Waals surface area contributed by atoms with E-state index in [-0.39, 0.29) is 17.3 Å². The summed E-state index contributed by atoms with van der Waals surface area (Å²) in [7, 11) is -0.533. The fraction of sp³-hybridized carbons (Fsp3) is 0.192. The van der Waals surface area contributed by atoms with E-state index < -0.39 is 10.1 Å². The zero-order valence-electron chi connectivity index (χ0n) is 22.3. The molecule has 0 aliphatic rings. The number of carbonyl (C=O) groups is 1. The molecule has 0 atom stereocenters. The average Bonchev–Trinajstić information content (AvgIpc) is 3.15. The molecule has 40 heavy (non-hydrogen) atoms. The van der Waals surface area contributed by atoms with E-state index in [0.717, 1.165) is 21.7 Å². The van der Waals surface area contributed by atoms with Crippen molar-refractivity contribution in [1.82, 2.24) is 9.78 Å². The summed E-state index contributed by atoms with van der Waals surface area (Å²) < 4.78 is 36.4. The maximum Gasteiger partial charge on any atom is 0.295 e. The molecular weight excluding hydrogens is 600 g/mol. The Morgan fingerprint density at radius 3 is 1.98 bits per heavy atom. The number of hydrogen-bond donors (Lipinski definition) is 2. The molecule has 0 fully saturated rings. The fourth-order valence-electron chi connectivity index (χ4n) is 3.29. The van der Waals surface area contributed by atoms with Crippen LogP contribution in [0.5, 0.6) is 0 Å². The Hall–Kier alpha value is -4.14. The molecule has 14 heteroatoms. The van der Waals surface area contributed by atoms with Crippen LogP contribution in [0.25, 0.3) is 0 Å². The van der Waals surface area contributed by atoms with Gasteiger partial charge < -0.3 is 14.8 Å². The number of nitrogens with one attached hydrogen (secondary N) is 1. The zero-order valence-corrected chi connectivity index (χ0v) is 24.7. The predicted molar refractivity (Wildman–Crippen MR) is 154 cm³/mol. The minimum atomic E-state index is -4.43.